The fraction of sp³-hybridized carbons (Fsp3) is 0.500. The van der Waals surface area contributed by atoms with Crippen LogP contribution in [0.2, 0.25) is 0 Å². The van der Waals surface area contributed by atoms with Gasteiger partial charge in [-0.25, -0.2) is 0 Å². The normalized spacial score (nSPS) is 15.8. The van der Waals surface area contributed by atoms with Gasteiger partial charge in [0.25, 0.3) is 5.91 Å². The van der Waals surface area contributed by atoms with Gasteiger partial charge in [-0.3, -0.25) is 4.79 Å². The number of methoxy groups -OCH3 is 1. The molecule has 1 amide bonds. The highest BCUT2D eigenvalue weighted by Gasteiger charge is 2.18. The first-order valence-electron chi connectivity index (χ1n) is 8.01. The molecule has 1 aromatic carbocycles. The second-order valence-corrected chi connectivity index (χ2v) is 5.80. The van der Waals surface area contributed by atoms with Crippen molar-refractivity contribution in [2.24, 2.45) is 0 Å². The lowest BCUT2D eigenvalue weighted by atomic mass is 10.1. The number of likely N-dealkylation sites (N-methyl/N-ethyl adjacent to an activating group) is 1. The van der Waals surface area contributed by atoms with Crippen molar-refractivity contribution in [3.05, 3.63) is 36.4 Å². The van der Waals surface area contributed by atoms with Crippen LogP contribution < -0.4 is 9.47 Å². The Hall–Kier alpha value is -2.01. The third-order valence-corrected chi connectivity index (χ3v) is 4.03. The van der Waals surface area contributed by atoms with Gasteiger partial charge in [-0.15, -0.1) is 6.58 Å². The van der Waals surface area contributed by atoms with Crippen LogP contribution in [0, 0.1) is 0 Å². The van der Waals surface area contributed by atoms with E-state index in [4.69, 9.17) is 9.47 Å². The zero-order chi connectivity index (χ0) is 16.7. The number of hydrogen-bond donors (Lipinski definition) is 0. The van der Waals surface area contributed by atoms with E-state index in [9.17, 15) is 4.79 Å². The summed E-state index contributed by atoms with van der Waals surface area (Å²) in [5, 5.41) is 0. The average Bonchev–Trinajstić information content (AvgIpc) is 2.78. The summed E-state index contributed by atoms with van der Waals surface area (Å²) in [5.41, 5.74) is 1.10. The fourth-order valence-electron chi connectivity index (χ4n) is 2.65. The summed E-state index contributed by atoms with van der Waals surface area (Å²) in [6.07, 6.45) is 3.62. The predicted octanol–water partition coefficient (Wildman–Crippen LogP) is 1.97. The van der Waals surface area contributed by atoms with E-state index in [1.807, 2.05) is 29.2 Å². The maximum Gasteiger partial charge on any atom is 0.260 e. The Bertz CT molecular complexity index is 545. The molecule has 23 heavy (non-hydrogen) atoms. The lowest BCUT2D eigenvalue weighted by Crippen LogP contribution is -2.37. The first kappa shape index (κ1) is 17.3. The highest BCUT2D eigenvalue weighted by molar-refractivity contribution is 5.77. The Morgan fingerprint density at radius 3 is 2.83 bits per heavy atom. The van der Waals surface area contributed by atoms with E-state index < -0.39 is 0 Å². The summed E-state index contributed by atoms with van der Waals surface area (Å²) in [5.74, 6) is 1.27. The highest BCUT2D eigenvalue weighted by atomic mass is 16.5. The van der Waals surface area contributed by atoms with Crippen LogP contribution >= 0.6 is 0 Å². The first-order valence-corrected chi connectivity index (χ1v) is 8.01. The van der Waals surface area contributed by atoms with Crippen LogP contribution in [-0.2, 0) is 11.2 Å². The van der Waals surface area contributed by atoms with Crippen molar-refractivity contribution in [1.29, 1.82) is 0 Å². The van der Waals surface area contributed by atoms with Gasteiger partial charge in [-0.05, 0) is 44.1 Å². The lowest BCUT2D eigenvalue weighted by molar-refractivity contribution is -0.133. The molecule has 0 atom stereocenters. The number of amides is 1. The number of nitrogens with zero attached hydrogens (tertiary/aromatic N) is 2. The number of carbonyl (C=O) groups is 1. The molecule has 0 bridgehead atoms. The molecule has 1 fully saturated rings. The molecule has 126 valence electrons. The van der Waals surface area contributed by atoms with Gasteiger partial charge in [0.05, 0.1) is 7.11 Å². The molecule has 2 rings (SSSR count). The van der Waals surface area contributed by atoms with Crippen molar-refractivity contribution in [2.75, 3.05) is 46.9 Å². The van der Waals surface area contributed by atoms with Crippen molar-refractivity contribution in [1.82, 2.24) is 9.80 Å². The van der Waals surface area contributed by atoms with Gasteiger partial charge in [0.15, 0.2) is 18.1 Å². The number of carbonyl (C=O) groups excluding carboxylic acids is 1. The molecular weight excluding hydrogens is 292 g/mol. The number of rotatable bonds is 6. The third kappa shape index (κ3) is 4.99. The standard InChI is InChI=1S/C18H26N2O3/c1-4-6-15-7-8-16(17(13-15)22-3)23-14-18(21)20-10-5-9-19(2)11-12-20/h4,7-8,13H,1,5-6,9-12,14H2,2-3H3. The van der Waals surface area contributed by atoms with E-state index in [1.54, 1.807) is 7.11 Å². The van der Waals surface area contributed by atoms with Crippen LogP contribution in [0.1, 0.15) is 12.0 Å². The fourth-order valence-corrected chi connectivity index (χ4v) is 2.65. The van der Waals surface area contributed by atoms with Crippen LogP contribution in [0.4, 0.5) is 0 Å². The second kappa shape index (κ2) is 8.58. The molecule has 1 heterocycles. The molecule has 0 saturated carbocycles. The predicted molar refractivity (Wildman–Crippen MR) is 91.1 cm³/mol. The van der Waals surface area contributed by atoms with Crippen molar-refractivity contribution in [3.63, 3.8) is 0 Å². The zero-order valence-corrected chi connectivity index (χ0v) is 14.1. The molecular formula is C18H26N2O3. The molecule has 0 N–H and O–H groups in total. The van der Waals surface area contributed by atoms with Gasteiger partial charge >= 0.3 is 0 Å². The molecule has 0 aromatic heterocycles. The minimum atomic E-state index is 0.0255. The minimum Gasteiger partial charge on any atom is -0.493 e. The Morgan fingerprint density at radius 2 is 2.09 bits per heavy atom. The van der Waals surface area contributed by atoms with Crippen molar-refractivity contribution >= 4 is 5.91 Å². The number of hydrogen-bond acceptors (Lipinski definition) is 4. The minimum absolute atomic E-state index is 0.0255. The van der Waals surface area contributed by atoms with Crippen molar-refractivity contribution < 1.29 is 14.3 Å². The Balaban J connectivity index is 1.94. The van der Waals surface area contributed by atoms with E-state index in [1.165, 1.54) is 0 Å². The van der Waals surface area contributed by atoms with Crippen LogP contribution in [-0.4, -0.2) is 62.7 Å². The summed E-state index contributed by atoms with van der Waals surface area (Å²) >= 11 is 0. The topological polar surface area (TPSA) is 42.0 Å². The highest BCUT2D eigenvalue weighted by Crippen LogP contribution is 2.28. The molecule has 1 saturated heterocycles. The van der Waals surface area contributed by atoms with Gasteiger partial charge in [0, 0.05) is 19.6 Å². The number of allylic oxidation sites excluding steroid dienone is 1. The van der Waals surface area contributed by atoms with E-state index >= 15 is 0 Å². The van der Waals surface area contributed by atoms with E-state index in [-0.39, 0.29) is 12.5 Å². The monoisotopic (exact) mass is 318 g/mol. The largest absolute Gasteiger partial charge is 0.493 e. The summed E-state index contributed by atoms with van der Waals surface area (Å²) in [6.45, 7) is 7.27. The molecule has 5 heteroatoms. The van der Waals surface area contributed by atoms with Gasteiger partial charge in [-0.2, -0.15) is 0 Å². The van der Waals surface area contributed by atoms with Crippen LogP contribution in [0.25, 0.3) is 0 Å². The molecule has 5 nitrogen and oxygen atoms in total. The molecule has 1 aliphatic rings. The van der Waals surface area contributed by atoms with E-state index in [0.717, 1.165) is 44.6 Å². The zero-order valence-electron chi connectivity index (χ0n) is 14.1. The van der Waals surface area contributed by atoms with Crippen molar-refractivity contribution in [2.45, 2.75) is 12.8 Å². The van der Waals surface area contributed by atoms with Crippen molar-refractivity contribution in [3.8, 4) is 11.5 Å². The summed E-state index contributed by atoms with van der Waals surface area (Å²) in [6, 6.07) is 5.73. The average molecular weight is 318 g/mol. The maximum absolute atomic E-state index is 12.3. The molecule has 1 aromatic rings. The number of benzene rings is 1. The summed E-state index contributed by atoms with van der Waals surface area (Å²) in [4.78, 5) is 16.5. The number of ether oxygens (including phenoxy) is 2. The van der Waals surface area contributed by atoms with Gasteiger partial charge < -0.3 is 19.3 Å². The first-order chi connectivity index (χ1) is 11.1. The van der Waals surface area contributed by atoms with Crippen LogP contribution in [0.3, 0.4) is 0 Å². The van der Waals surface area contributed by atoms with Gasteiger partial charge in [0.2, 0.25) is 0 Å². The Labute approximate surface area is 138 Å². The van der Waals surface area contributed by atoms with Gasteiger partial charge in [0.1, 0.15) is 0 Å². The quantitative estimate of drug-likeness (QED) is 0.752. The van der Waals surface area contributed by atoms with Crippen LogP contribution in [0.5, 0.6) is 11.5 Å². The molecule has 0 unspecified atom stereocenters. The Kier molecular flexibility index (Phi) is 6.47. The third-order valence-electron chi connectivity index (χ3n) is 4.03. The molecule has 0 spiro atoms. The van der Waals surface area contributed by atoms with Gasteiger partial charge in [-0.1, -0.05) is 12.1 Å². The SMILES string of the molecule is C=CCc1ccc(OCC(=O)N2CCCN(C)CC2)c(OC)c1. The molecule has 1 aliphatic heterocycles. The second-order valence-electron chi connectivity index (χ2n) is 5.80. The van der Waals surface area contributed by atoms with Crippen LogP contribution in [0.15, 0.2) is 30.9 Å². The van der Waals surface area contributed by atoms with E-state index in [2.05, 4.69) is 18.5 Å². The lowest BCUT2D eigenvalue weighted by Gasteiger charge is -2.21. The summed E-state index contributed by atoms with van der Waals surface area (Å²) < 4.78 is 11.0. The summed E-state index contributed by atoms with van der Waals surface area (Å²) in [7, 11) is 3.69. The molecule has 0 aliphatic carbocycles. The smallest absolute Gasteiger partial charge is 0.260 e. The van der Waals surface area contributed by atoms with E-state index in [0.29, 0.717) is 11.5 Å². The molecule has 0 radical (unpaired) electrons. The Morgan fingerprint density at radius 1 is 1.26 bits per heavy atom. The maximum atomic E-state index is 12.3.